The molecular weight excluding hydrogens is 317 g/mol. The molecule has 0 radical (unpaired) electrons. The summed E-state index contributed by atoms with van der Waals surface area (Å²) in [5.74, 6) is 0.655. The highest BCUT2D eigenvalue weighted by molar-refractivity contribution is 6.30. The molecule has 1 fully saturated rings. The lowest BCUT2D eigenvalue weighted by Crippen LogP contribution is -2.29. The summed E-state index contributed by atoms with van der Waals surface area (Å²) in [6, 6.07) is 9.00. The summed E-state index contributed by atoms with van der Waals surface area (Å²) in [6.45, 7) is 0.979. The number of anilines is 1. The molecule has 2 atom stereocenters. The minimum atomic E-state index is -0.904. The van der Waals surface area contributed by atoms with Gasteiger partial charge in [-0.25, -0.2) is 14.4 Å². The molecule has 1 aliphatic rings. The molecule has 7 heteroatoms. The van der Waals surface area contributed by atoms with E-state index < -0.39 is 6.17 Å². The molecule has 0 spiro atoms. The summed E-state index contributed by atoms with van der Waals surface area (Å²) < 4.78 is 15.6. The fraction of sp³-hybridized carbons (Fsp3) is 0.250. The van der Waals surface area contributed by atoms with Gasteiger partial charge < -0.3 is 10.6 Å². The third-order valence-electron chi connectivity index (χ3n) is 3.96. The van der Waals surface area contributed by atoms with Gasteiger partial charge in [0.15, 0.2) is 0 Å². The maximum Gasteiger partial charge on any atom is 0.138 e. The molecule has 2 unspecified atom stereocenters. The summed E-state index contributed by atoms with van der Waals surface area (Å²) in [7, 11) is 0. The van der Waals surface area contributed by atoms with Crippen LogP contribution in [-0.2, 0) is 0 Å². The van der Waals surface area contributed by atoms with Crippen LogP contribution in [0.5, 0.6) is 0 Å². The van der Waals surface area contributed by atoms with Crippen LogP contribution >= 0.6 is 11.6 Å². The second-order valence-electron chi connectivity index (χ2n) is 5.55. The fourth-order valence-electron chi connectivity index (χ4n) is 2.78. The topological polar surface area (TPSA) is 54.2 Å². The van der Waals surface area contributed by atoms with E-state index in [9.17, 15) is 4.39 Å². The van der Waals surface area contributed by atoms with E-state index in [2.05, 4.69) is 20.6 Å². The van der Waals surface area contributed by atoms with Crippen molar-refractivity contribution >= 4 is 23.1 Å². The quantitative estimate of drug-likeness (QED) is 0.775. The minimum absolute atomic E-state index is 0.251. The zero-order valence-corrected chi connectivity index (χ0v) is 13.0. The Bertz CT molecular complexity index is 849. The zero-order valence-electron chi connectivity index (χ0n) is 12.2. The first kappa shape index (κ1) is 14.4. The summed E-state index contributed by atoms with van der Waals surface area (Å²) >= 11 is 5.99. The third kappa shape index (κ3) is 2.75. The van der Waals surface area contributed by atoms with Crippen molar-refractivity contribution in [2.24, 2.45) is 0 Å². The average molecular weight is 332 g/mol. The number of nitrogens with one attached hydrogen (secondary N) is 2. The molecule has 2 N–H and O–H groups in total. The molecule has 0 bridgehead atoms. The van der Waals surface area contributed by atoms with Crippen LogP contribution in [0.15, 0.2) is 42.7 Å². The number of alkyl halides is 1. The second kappa shape index (κ2) is 5.79. The monoisotopic (exact) mass is 331 g/mol. The van der Waals surface area contributed by atoms with Crippen molar-refractivity contribution in [3.63, 3.8) is 0 Å². The molecule has 1 saturated heterocycles. The van der Waals surface area contributed by atoms with Gasteiger partial charge in [-0.3, -0.25) is 4.40 Å². The predicted molar refractivity (Wildman–Crippen MR) is 88.6 cm³/mol. The highest BCUT2D eigenvalue weighted by Gasteiger charge is 2.26. The number of nitrogens with zero attached hydrogens (tertiary/aromatic N) is 3. The van der Waals surface area contributed by atoms with Gasteiger partial charge in [-0.15, -0.1) is 0 Å². The first-order chi connectivity index (χ1) is 11.2. The van der Waals surface area contributed by atoms with Crippen molar-refractivity contribution in [2.45, 2.75) is 12.2 Å². The van der Waals surface area contributed by atoms with E-state index in [1.807, 2.05) is 28.8 Å². The Morgan fingerprint density at radius 2 is 2.22 bits per heavy atom. The molecule has 4 rings (SSSR count). The van der Waals surface area contributed by atoms with Crippen molar-refractivity contribution in [1.29, 1.82) is 0 Å². The molecule has 118 valence electrons. The second-order valence-corrected chi connectivity index (χ2v) is 5.99. The van der Waals surface area contributed by atoms with Gasteiger partial charge in [-0.2, -0.15) is 0 Å². The first-order valence-electron chi connectivity index (χ1n) is 7.42. The molecule has 3 aromatic heterocycles. The molecule has 0 aromatic carbocycles. The molecule has 0 aliphatic carbocycles. The van der Waals surface area contributed by atoms with Gasteiger partial charge in [0, 0.05) is 30.4 Å². The lowest BCUT2D eigenvalue weighted by molar-refractivity contribution is 0.342. The Hall–Kier alpha value is -2.18. The standard InChI is InChI=1S/C16H15ClFN5/c17-10-4-5-23-14(9-20-16(23)6-10)12-2-1-3-15(21-12)22-13-8-19-7-11(13)18/h1-6,9,11,13,19H,7-8H2,(H,21,22). The maximum atomic E-state index is 13.7. The number of fused-ring (bicyclic) bond motifs is 1. The number of halogens is 2. The molecule has 0 saturated carbocycles. The number of imidazole rings is 1. The lowest BCUT2D eigenvalue weighted by atomic mass is 10.2. The number of rotatable bonds is 3. The van der Waals surface area contributed by atoms with E-state index in [1.165, 1.54) is 0 Å². The molecule has 23 heavy (non-hydrogen) atoms. The molecule has 0 amide bonds. The van der Waals surface area contributed by atoms with Crippen LogP contribution in [0, 0.1) is 0 Å². The maximum absolute atomic E-state index is 13.7. The van der Waals surface area contributed by atoms with Crippen molar-refractivity contribution in [3.05, 3.63) is 47.7 Å². The van der Waals surface area contributed by atoms with E-state index in [0.29, 0.717) is 23.9 Å². The normalized spacial score (nSPS) is 21.0. The van der Waals surface area contributed by atoms with E-state index >= 15 is 0 Å². The zero-order chi connectivity index (χ0) is 15.8. The predicted octanol–water partition coefficient (Wildman–Crippen LogP) is 2.77. The fourth-order valence-corrected chi connectivity index (χ4v) is 2.94. The Labute approximate surface area is 137 Å². The van der Waals surface area contributed by atoms with Crippen LogP contribution in [-0.4, -0.2) is 39.7 Å². The van der Waals surface area contributed by atoms with Gasteiger partial charge >= 0.3 is 0 Å². The van der Waals surface area contributed by atoms with Gasteiger partial charge in [-0.05, 0) is 18.2 Å². The van der Waals surface area contributed by atoms with Gasteiger partial charge in [0.05, 0.1) is 23.6 Å². The van der Waals surface area contributed by atoms with Crippen LogP contribution in [0.3, 0.4) is 0 Å². The van der Waals surface area contributed by atoms with Crippen molar-refractivity contribution in [3.8, 4) is 11.4 Å². The van der Waals surface area contributed by atoms with E-state index in [4.69, 9.17) is 11.6 Å². The molecular formula is C16H15ClFN5. The molecule has 3 aromatic rings. The van der Waals surface area contributed by atoms with Gasteiger partial charge in [-0.1, -0.05) is 17.7 Å². The first-order valence-corrected chi connectivity index (χ1v) is 7.80. The summed E-state index contributed by atoms with van der Waals surface area (Å²) in [5.41, 5.74) is 2.39. The number of aromatic nitrogens is 3. The Kier molecular flexibility index (Phi) is 3.63. The van der Waals surface area contributed by atoms with Gasteiger partial charge in [0.2, 0.25) is 0 Å². The Morgan fingerprint density at radius 1 is 1.30 bits per heavy atom. The van der Waals surface area contributed by atoms with E-state index in [1.54, 1.807) is 18.3 Å². The highest BCUT2D eigenvalue weighted by atomic mass is 35.5. The molecule has 1 aliphatic heterocycles. The number of hydrogen-bond acceptors (Lipinski definition) is 4. The SMILES string of the molecule is FC1CNCC1Nc1cccc(-c2cnc3cc(Cl)ccn23)n1. The Balaban J connectivity index is 1.67. The van der Waals surface area contributed by atoms with Crippen LogP contribution in [0.4, 0.5) is 10.2 Å². The highest BCUT2D eigenvalue weighted by Crippen LogP contribution is 2.23. The minimum Gasteiger partial charge on any atom is -0.363 e. The number of hydrogen-bond donors (Lipinski definition) is 2. The van der Waals surface area contributed by atoms with Crippen LogP contribution in [0.1, 0.15) is 0 Å². The molecule has 4 heterocycles. The van der Waals surface area contributed by atoms with Gasteiger partial charge in [0.1, 0.15) is 17.6 Å². The smallest absolute Gasteiger partial charge is 0.138 e. The van der Waals surface area contributed by atoms with Crippen LogP contribution < -0.4 is 10.6 Å². The third-order valence-corrected chi connectivity index (χ3v) is 4.20. The average Bonchev–Trinajstić information content (AvgIpc) is 3.14. The van der Waals surface area contributed by atoms with Crippen molar-refractivity contribution < 1.29 is 4.39 Å². The molecule has 5 nitrogen and oxygen atoms in total. The Morgan fingerprint density at radius 3 is 3.04 bits per heavy atom. The lowest BCUT2D eigenvalue weighted by Gasteiger charge is -2.15. The largest absolute Gasteiger partial charge is 0.363 e. The van der Waals surface area contributed by atoms with E-state index in [0.717, 1.165) is 17.0 Å². The summed E-state index contributed by atoms with van der Waals surface area (Å²) in [5, 5.41) is 6.81. The number of pyridine rings is 2. The summed E-state index contributed by atoms with van der Waals surface area (Å²) in [6.07, 6.45) is 2.71. The van der Waals surface area contributed by atoms with Crippen molar-refractivity contribution in [2.75, 3.05) is 18.4 Å². The van der Waals surface area contributed by atoms with Crippen LogP contribution in [0.25, 0.3) is 17.0 Å². The van der Waals surface area contributed by atoms with Crippen molar-refractivity contribution in [1.82, 2.24) is 19.7 Å². The van der Waals surface area contributed by atoms with Gasteiger partial charge in [0.25, 0.3) is 0 Å². The summed E-state index contributed by atoms with van der Waals surface area (Å²) in [4.78, 5) is 8.94. The van der Waals surface area contributed by atoms with E-state index in [-0.39, 0.29) is 6.04 Å². The van der Waals surface area contributed by atoms with Crippen LogP contribution in [0.2, 0.25) is 5.02 Å².